The summed E-state index contributed by atoms with van der Waals surface area (Å²) in [5.41, 5.74) is -0.230. The first-order chi connectivity index (χ1) is 6.29. The highest BCUT2D eigenvalue weighted by molar-refractivity contribution is 6.42. The maximum Gasteiger partial charge on any atom is 0.364 e. The van der Waals surface area contributed by atoms with E-state index in [1.165, 1.54) is 12.3 Å². The van der Waals surface area contributed by atoms with Crippen molar-refractivity contribution in [3.05, 3.63) is 24.2 Å². The quantitative estimate of drug-likeness (QED) is 0.328. The summed E-state index contributed by atoms with van der Waals surface area (Å²) in [5.74, 6) is -0.527. The molecule has 1 aromatic rings. The summed E-state index contributed by atoms with van der Waals surface area (Å²) < 4.78 is 9.49. The van der Waals surface area contributed by atoms with Crippen LogP contribution < -0.4 is 0 Å². The molecule has 0 saturated carbocycles. The number of nitrogens with zero attached hydrogens (tertiary/aromatic N) is 1. The van der Waals surface area contributed by atoms with Gasteiger partial charge in [-0.3, -0.25) is 0 Å². The van der Waals surface area contributed by atoms with E-state index < -0.39 is 5.97 Å². The largest absolute Gasteiger partial charge is 0.462 e. The molecule has 13 heavy (non-hydrogen) atoms. The fourth-order valence-corrected chi connectivity index (χ4v) is 0.803. The van der Waals surface area contributed by atoms with Crippen LogP contribution >= 0.6 is 0 Å². The van der Waals surface area contributed by atoms with Crippen LogP contribution in [0.3, 0.4) is 0 Å². The van der Waals surface area contributed by atoms with Crippen molar-refractivity contribution in [1.82, 2.24) is 0 Å². The Labute approximate surface area is 74.6 Å². The van der Waals surface area contributed by atoms with E-state index in [-0.39, 0.29) is 18.1 Å². The number of carbonyl (C=O) groups is 1. The Morgan fingerprint density at radius 1 is 1.77 bits per heavy atom. The van der Waals surface area contributed by atoms with Gasteiger partial charge in [0.2, 0.25) is 5.71 Å². The first-order valence-electron chi connectivity index (χ1n) is 3.72. The van der Waals surface area contributed by atoms with E-state index >= 15 is 0 Å². The molecule has 0 aromatic carbocycles. The molecule has 5 heteroatoms. The van der Waals surface area contributed by atoms with Gasteiger partial charge in [0.05, 0.1) is 12.9 Å². The van der Waals surface area contributed by atoms with Crippen molar-refractivity contribution in [2.24, 2.45) is 5.16 Å². The zero-order valence-corrected chi connectivity index (χ0v) is 7.06. The van der Waals surface area contributed by atoms with Crippen molar-refractivity contribution in [1.29, 1.82) is 0 Å². The van der Waals surface area contributed by atoms with Crippen molar-refractivity contribution < 1.29 is 19.2 Å². The standard InChI is InChI=1S/C8H9NO4/c1-2-12-8(10)7(9-11)6-4-3-5-13-6/h3-5,11H,2H2,1H3/b9-7-. The third-order valence-corrected chi connectivity index (χ3v) is 1.32. The second-order valence-corrected chi connectivity index (χ2v) is 2.15. The number of oxime groups is 1. The van der Waals surface area contributed by atoms with Crippen molar-refractivity contribution >= 4 is 11.7 Å². The smallest absolute Gasteiger partial charge is 0.364 e. The Morgan fingerprint density at radius 3 is 3.00 bits per heavy atom. The van der Waals surface area contributed by atoms with Crippen LogP contribution in [0.1, 0.15) is 12.7 Å². The highest BCUT2D eigenvalue weighted by atomic mass is 16.5. The zero-order valence-electron chi connectivity index (χ0n) is 7.06. The molecular formula is C8H9NO4. The zero-order chi connectivity index (χ0) is 9.68. The lowest BCUT2D eigenvalue weighted by Crippen LogP contribution is -2.18. The number of furan rings is 1. The summed E-state index contributed by atoms with van der Waals surface area (Å²) in [5, 5.41) is 11.3. The van der Waals surface area contributed by atoms with E-state index in [0.29, 0.717) is 0 Å². The maximum absolute atomic E-state index is 11.1. The maximum atomic E-state index is 11.1. The minimum absolute atomic E-state index is 0.181. The van der Waals surface area contributed by atoms with Gasteiger partial charge in [-0.2, -0.15) is 0 Å². The lowest BCUT2D eigenvalue weighted by molar-refractivity contribution is -0.135. The van der Waals surface area contributed by atoms with Gasteiger partial charge in [-0.15, -0.1) is 0 Å². The lowest BCUT2D eigenvalue weighted by Gasteiger charge is -1.99. The molecule has 1 heterocycles. The van der Waals surface area contributed by atoms with Gasteiger partial charge < -0.3 is 14.4 Å². The summed E-state index contributed by atoms with van der Waals surface area (Å²) >= 11 is 0. The minimum Gasteiger partial charge on any atom is -0.462 e. The molecule has 0 radical (unpaired) electrons. The summed E-state index contributed by atoms with van der Waals surface area (Å²) in [7, 11) is 0. The number of hydrogen-bond donors (Lipinski definition) is 1. The molecule has 0 fully saturated rings. The molecule has 0 aliphatic carbocycles. The van der Waals surface area contributed by atoms with Crippen LogP contribution in [0.5, 0.6) is 0 Å². The Morgan fingerprint density at radius 2 is 2.54 bits per heavy atom. The molecule has 1 N–H and O–H groups in total. The topological polar surface area (TPSA) is 72.0 Å². The summed E-state index contributed by atoms with van der Waals surface area (Å²) in [4.78, 5) is 11.1. The molecule has 0 amide bonds. The normalized spacial score (nSPS) is 11.3. The Balaban J connectivity index is 2.82. The van der Waals surface area contributed by atoms with E-state index in [4.69, 9.17) is 9.62 Å². The van der Waals surface area contributed by atoms with Crippen molar-refractivity contribution in [3.63, 3.8) is 0 Å². The highest BCUT2D eigenvalue weighted by Gasteiger charge is 2.18. The van der Waals surface area contributed by atoms with Crippen LogP contribution in [0, 0.1) is 0 Å². The van der Waals surface area contributed by atoms with Gasteiger partial charge in [0.1, 0.15) is 0 Å². The Hall–Kier alpha value is -1.78. The van der Waals surface area contributed by atoms with E-state index in [1.54, 1.807) is 13.0 Å². The van der Waals surface area contributed by atoms with Gasteiger partial charge in [-0.05, 0) is 19.1 Å². The van der Waals surface area contributed by atoms with Crippen molar-refractivity contribution in [3.8, 4) is 0 Å². The molecular weight excluding hydrogens is 174 g/mol. The van der Waals surface area contributed by atoms with Crippen LogP contribution in [-0.2, 0) is 9.53 Å². The monoisotopic (exact) mass is 183 g/mol. The molecule has 0 spiro atoms. The van der Waals surface area contributed by atoms with Crippen LogP contribution in [0.4, 0.5) is 0 Å². The molecule has 1 aromatic heterocycles. The molecule has 0 saturated heterocycles. The van der Waals surface area contributed by atoms with E-state index in [2.05, 4.69) is 9.89 Å². The number of carbonyl (C=O) groups excluding carboxylic acids is 1. The second kappa shape index (κ2) is 4.30. The fourth-order valence-electron chi connectivity index (χ4n) is 0.803. The first kappa shape index (κ1) is 9.31. The SMILES string of the molecule is CCOC(=O)/C(=N\O)c1ccco1. The second-order valence-electron chi connectivity index (χ2n) is 2.15. The number of esters is 1. The molecule has 0 unspecified atom stereocenters. The fraction of sp³-hybridized carbons (Fsp3) is 0.250. The van der Waals surface area contributed by atoms with Gasteiger partial charge in [0.15, 0.2) is 5.76 Å². The van der Waals surface area contributed by atoms with Crippen LogP contribution in [-0.4, -0.2) is 23.5 Å². The minimum atomic E-state index is -0.708. The van der Waals surface area contributed by atoms with E-state index in [9.17, 15) is 4.79 Å². The third-order valence-electron chi connectivity index (χ3n) is 1.32. The predicted molar refractivity (Wildman–Crippen MR) is 43.7 cm³/mol. The molecule has 5 nitrogen and oxygen atoms in total. The molecule has 0 bridgehead atoms. The third kappa shape index (κ3) is 2.08. The molecule has 70 valence electrons. The average molecular weight is 183 g/mol. The van der Waals surface area contributed by atoms with Gasteiger partial charge in [0, 0.05) is 0 Å². The highest BCUT2D eigenvalue weighted by Crippen LogP contribution is 2.03. The van der Waals surface area contributed by atoms with Crippen LogP contribution in [0.15, 0.2) is 28.0 Å². The number of ether oxygens (including phenoxy) is 1. The van der Waals surface area contributed by atoms with E-state index in [1.807, 2.05) is 0 Å². The van der Waals surface area contributed by atoms with Crippen LogP contribution in [0.2, 0.25) is 0 Å². The summed E-state index contributed by atoms with van der Waals surface area (Å²) in [6.07, 6.45) is 1.37. The Kier molecular flexibility index (Phi) is 3.08. The summed E-state index contributed by atoms with van der Waals surface area (Å²) in [6.45, 7) is 1.88. The van der Waals surface area contributed by atoms with Gasteiger partial charge >= 0.3 is 5.97 Å². The van der Waals surface area contributed by atoms with Gasteiger partial charge in [0.25, 0.3) is 0 Å². The predicted octanol–water partition coefficient (Wildman–Crippen LogP) is 1.02. The van der Waals surface area contributed by atoms with Crippen LogP contribution in [0.25, 0.3) is 0 Å². The van der Waals surface area contributed by atoms with Gasteiger partial charge in [-0.25, -0.2) is 4.79 Å². The number of hydrogen-bond acceptors (Lipinski definition) is 5. The summed E-state index contributed by atoms with van der Waals surface area (Å²) in [6, 6.07) is 3.09. The molecule has 0 aliphatic rings. The average Bonchev–Trinajstić information content (AvgIpc) is 2.59. The van der Waals surface area contributed by atoms with Crippen molar-refractivity contribution in [2.45, 2.75) is 6.92 Å². The number of rotatable bonds is 3. The first-order valence-corrected chi connectivity index (χ1v) is 3.72. The molecule has 0 aliphatic heterocycles. The molecule has 0 atom stereocenters. The van der Waals surface area contributed by atoms with E-state index in [0.717, 1.165) is 0 Å². The van der Waals surface area contributed by atoms with Gasteiger partial charge in [-0.1, -0.05) is 5.16 Å². The molecule has 1 rings (SSSR count). The lowest BCUT2D eigenvalue weighted by atomic mass is 10.3. The Bertz CT molecular complexity index is 302. The van der Waals surface area contributed by atoms with Crippen molar-refractivity contribution in [2.75, 3.05) is 6.61 Å².